The van der Waals surface area contributed by atoms with Crippen molar-refractivity contribution in [2.45, 2.75) is 32.7 Å². The zero-order chi connectivity index (χ0) is 19.4. The highest BCUT2D eigenvalue weighted by molar-refractivity contribution is 5.99. The third-order valence-electron chi connectivity index (χ3n) is 4.69. The first-order chi connectivity index (χ1) is 12.8. The molecule has 3 rings (SSSR count). The number of halogens is 2. The summed E-state index contributed by atoms with van der Waals surface area (Å²) >= 11 is 0. The van der Waals surface area contributed by atoms with Crippen LogP contribution in [0.4, 0.5) is 16.3 Å². The van der Waals surface area contributed by atoms with Crippen molar-refractivity contribution >= 4 is 42.4 Å². The summed E-state index contributed by atoms with van der Waals surface area (Å²) in [5.41, 5.74) is 2.87. The van der Waals surface area contributed by atoms with Gasteiger partial charge in [0.15, 0.2) is 0 Å². The Bertz CT molecular complexity index is 797. The van der Waals surface area contributed by atoms with Gasteiger partial charge in [0, 0.05) is 56.9 Å². The molecule has 7 nitrogen and oxygen atoms in total. The number of amides is 2. The number of carbonyl (C=O) groups excluding carboxylic acids is 1. The van der Waals surface area contributed by atoms with Gasteiger partial charge in [0.25, 0.3) is 0 Å². The molecule has 0 aliphatic carbocycles. The predicted octanol–water partition coefficient (Wildman–Crippen LogP) is 3.61. The van der Waals surface area contributed by atoms with E-state index in [2.05, 4.69) is 52.8 Å². The second kappa shape index (κ2) is 10.8. The van der Waals surface area contributed by atoms with E-state index >= 15 is 0 Å². The molecule has 2 amide bonds. The fraction of sp³-hybridized carbons (Fsp3) is 0.500. The molecule has 2 heterocycles. The van der Waals surface area contributed by atoms with E-state index in [0.29, 0.717) is 5.82 Å². The molecule has 1 aromatic heterocycles. The maximum Gasteiger partial charge on any atom is 0.324 e. The Kier molecular flexibility index (Phi) is 9.42. The van der Waals surface area contributed by atoms with Crippen molar-refractivity contribution in [3.8, 4) is 0 Å². The molecule has 0 bridgehead atoms. The molecule has 0 saturated carbocycles. The second-order valence-corrected chi connectivity index (χ2v) is 8.09. The summed E-state index contributed by atoms with van der Waals surface area (Å²) in [6.07, 6.45) is 0. The van der Waals surface area contributed by atoms with Gasteiger partial charge >= 0.3 is 6.03 Å². The first kappa shape index (κ1) is 25.2. The summed E-state index contributed by atoms with van der Waals surface area (Å²) in [6.45, 7) is 11.4. The summed E-state index contributed by atoms with van der Waals surface area (Å²) in [7, 11) is 1.83. The smallest absolute Gasteiger partial charge is 0.314 e. The monoisotopic (exact) mass is 442 g/mol. The van der Waals surface area contributed by atoms with Crippen LogP contribution >= 0.6 is 24.8 Å². The minimum Gasteiger partial charge on any atom is -0.314 e. The maximum atomic E-state index is 12.4. The molecular formula is C20H32Cl2N6O. The average Bonchev–Trinajstić information content (AvgIpc) is 2.97. The van der Waals surface area contributed by atoms with E-state index in [-0.39, 0.29) is 36.3 Å². The number of aryl methyl sites for hydroxylation is 1. The molecule has 0 radical (unpaired) electrons. The average molecular weight is 443 g/mol. The minimum atomic E-state index is -0.266. The second-order valence-electron chi connectivity index (χ2n) is 8.09. The van der Waals surface area contributed by atoms with Gasteiger partial charge in [-0.3, -0.25) is 14.9 Å². The molecule has 1 aliphatic rings. The van der Waals surface area contributed by atoms with Gasteiger partial charge in [-0.25, -0.2) is 4.79 Å². The number of anilines is 2. The van der Waals surface area contributed by atoms with Crippen molar-refractivity contribution in [3.05, 3.63) is 41.6 Å². The normalized spacial score (nSPS) is 14.5. The lowest BCUT2D eigenvalue weighted by atomic mass is 9.92. The Balaban J connectivity index is 0.00000210. The summed E-state index contributed by atoms with van der Waals surface area (Å²) < 4.78 is 1.70. The van der Waals surface area contributed by atoms with Gasteiger partial charge in [-0.2, -0.15) is 5.10 Å². The SMILES string of the molecule is Cl.Cl.Cn1nc(C(C)(C)C)cc1NC(=O)Nc1cccc(CN2CCNCC2)c1. The highest BCUT2D eigenvalue weighted by Gasteiger charge is 2.19. The fourth-order valence-corrected chi connectivity index (χ4v) is 3.10. The van der Waals surface area contributed by atoms with E-state index in [1.165, 1.54) is 5.56 Å². The summed E-state index contributed by atoms with van der Waals surface area (Å²) in [4.78, 5) is 14.8. The highest BCUT2D eigenvalue weighted by Crippen LogP contribution is 2.23. The Labute approximate surface area is 185 Å². The predicted molar refractivity (Wildman–Crippen MR) is 124 cm³/mol. The number of piperazine rings is 1. The van der Waals surface area contributed by atoms with Crippen LogP contribution in [0.5, 0.6) is 0 Å². The van der Waals surface area contributed by atoms with Gasteiger partial charge in [0.2, 0.25) is 0 Å². The molecule has 0 spiro atoms. The molecule has 9 heteroatoms. The van der Waals surface area contributed by atoms with Crippen molar-refractivity contribution < 1.29 is 4.79 Å². The van der Waals surface area contributed by atoms with Gasteiger partial charge in [0.1, 0.15) is 5.82 Å². The van der Waals surface area contributed by atoms with Gasteiger partial charge in [-0.15, -0.1) is 24.8 Å². The van der Waals surface area contributed by atoms with Gasteiger partial charge in [0.05, 0.1) is 5.69 Å². The molecule has 1 aromatic carbocycles. The summed E-state index contributed by atoms with van der Waals surface area (Å²) in [5, 5.41) is 13.7. The van der Waals surface area contributed by atoms with Gasteiger partial charge in [-0.1, -0.05) is 32.9 Å². The number of hydrogen-bond acceptors (Lipinski definition) is 4. The van der Waals surface area contributed by atoms with Crippen molar-refractivity contribution in [1.82, 2.24) is 20.0 Å². The number of hydrogen-bond donors (Lipinski definition) is 3. The topological polar surface area (TPSA) is 74.2 Å². The van der Waals surface area contributed by atoms with Crippen LogP contribution in [-0.4, -0.2) is 46.9 Å². The molecule has 162 valence electrons. The molecule has 2 aromatic rings. The number of benzene rings is 1. The van der Waals surface area contributed by atoms with Gasteiger partial charge in [-0.05, 0) is 17.7 Å². The van der Waals surface area contributed by atoms with Crippen LogP contribution in [0.15, 0.2) is 30.3 Å². The lowest BCUT2D eigenvalue weighted by Crippen LogP contribution is -2.42. The number of aromatic nitrogens is 2. The zero-order valence-corrected chi connectivity index (χ0v) is 19.1. The van der Waals surface area contributed by atoms with Gasteiger partial charge < -0.3 is 10.6 Å². The van der Waals surface area contributed by atoms with E-state index in [0.717, 1.165) is 44.1 Å². The van der Waals surface area contributed by atoms with Crippen LogP contribution in [0, 0.1) is 0 Å². The van der Waals surface area contributed by atoms with Crippen LogP contribution < -0.4 is 16.0 Å². The highest BCUT2D eigenvalue weighted by atomic mass is 35.5. The fourth-order valence-electron chi connectivity index (χ4n) is 3.10. The quantitative estimate of drug-likeness (QED) is 0.675. The Morgan fingerprint density at radius 1 is 1.14 bits per heavy atom. The number of urea groups is 1. The van der Waals surface area contributed by atoms with E-state index in [4.69, 9.17) is 0 Å². The van der Waals surface area contributed by atoms with Crippen molar-refractivity contribution in [1.29, 1.82) is 0 Å². The Morgan fingerprint density at radius 2 is 1.83 bits per heavy atom. The maximum absolute atomic E-state index is 12.4. The first-order valence-corrected chi connectivity index (χ1v) is 9.46. The van der Waals surface area contributed by atoms with Crippen LogP contribution in [0.1, 0.15) is 32.0 Å². The molecule has 1 fully saturated rings. The van der Waals surface area contributed by atoms with Crippen LogP contribution in [0.25, 0.3) is 0 Å². The number of rotatable bonds is 4. The minimum absolute atomic E-state index is 0. The van der Waals surface area contributed by atoms with Crippen LogP contribution in [0.2, 0.25) is 0 Å². The van der Waals surface area contributed by atoms with Crippen LogP contribution in [0.3, 0.4) is 0 Å². The van der Waals surface area contributed by atoms with E-state index in [1.54, 1.807) is 4.68 Å². The number of nitrogens with zero attached hydrogens (tertiary/aromatic N) is 3. The summed E-state index contributed by atoms with van der Waals surface area (Å²) in [5.74, 6) is 0.675. The molecule has 1 aliphatic heterocycles. The molecule has 1 saturated heterocycles. The zero-order valence-electron chi connectivity index (χ0n) is 17.5. The summed E-state index contributed by atoms with van der Waals surface area (Å²) in [6, 6.07) is 9.67. The van der Waals surface area contributed by atoms with E-state index < -0.39 is 0 Å². The third-order valence-corrected chi connectivity index (χ3v) is 4.69. The molecular weight excluding hydrogens is 411 g/mol. The Morgan fingerprint density at radius 3 is 2.45 bits per heavy atom. The first-order valence-electron chi connectivity index (χ1n) is 9.46. The molecule has 0 unspecified atom stereocenters. The van der Waals surface area contributed by atoms with E-state index in [1.807, 2.05) is 31.3 Å². The molecule has 0 atom stereocenters. The molecule has 29 heavy (non-hydrogen) atoms. The van der Waals surface area contributed by atoms with E-state index in [9.17, 15) is 4.79 Å². The standard InChI is InChI=1S/C20H30N6O.2ClH/c1-20(2,3)17-13-18(25(4)24-17)23-19(27)22-16-7-5-6-15(12-16)14-26-10-8-21-9-11-26;;/h5-7,12-13,21H,8-11,14H2,1-4H3,(H2,22,23,27);2*1H. The lowest BCUT2D eigenvalue weighted by Gasteiger charge is -2.27. The third kappa shape index (κ3) is 7.19. The van der Waals surface area contributed by atoms with Crippen molar-refractivity contribution in [2.24, 2.45) is 7.05 Å². The van der Waals surface area contributed by atoms with Crippen molar-refractivity contribution in [2.75, 3.05) is 36.8 Å². The molecule has 3 N–H and O–H groups in total. The lowest BCUT2D eigenvalue weighted by molar-refractivity contribution is 0.233. The largest absolute Gasteiger partial charge is 0.324 e. The number of carbonyl (C=O) groups is 1. The van der Waals surface area contributed by atoms with Crippen molar-refractivity contribution in [3.63, 3.8) is 0 Å². The van der Waals surface area contributed by atoms with Crippen LogP contribution in [-0.2, 0) is 19.0 Å². The Hall–Kier alpha value is -1.80. The number of nitrogens with one attached hydrogen (secondary N) is 3.